The summed E-state index contributed by atoms with van der Waals surface area (Å²) in [5.74, 6) is -2.72. The molecule has 2 rings (SSSR count). The van der Waals surface area contributed by atoms with Gasteiger partial charge in [0.05, 0.1) is 5.56 Å². The number of halogens is 2. The van der Waals surface area contributed by atoms with Gasteiger partial charge in [0.25, 0.3) is 5.91 Å². The van der Waals surface area contributed by atoms with Crippen molar-refractivity contribution < 1.29 is 18.4 Å². The molecule has 0 bridgehead atoms. The molecule has 0 unspecified atom stereocenters. The van der Waals surface area contributed by atoms with Gasteiger partial charge in [-0.05, 0) is 12.1 Å². The summed E-state index contributed by atoms with van der Waals surface area (Å²) >= 11 is 1.28. The maximum Gasteiger partial charge on any atom is 0.254 e. The minimum atomic E-state index is -0.945. The van der Waals surface area contributed by atoms with Crippen LogP contribution < -0.4 is 10.6 Å². The van der Waals surface area contributed by atoms with Gasteiger partial charge in [-0.2, -0.15) is 0 Å². The van der Waals surface area contributed by atoms with Crippen LogP contribution in [0.3, 0.4) is 0 Å². The summed E-state index contributed by atoms with van der Waals surface area (Å²) in [6.45, 7) is 0.0346. The molecule has 0 aliphatic heterocycles. The Kier molecular flexibility index (Phi) is 4.94. The van der Waals surface area contributed by atoms with E-state index < -0.39 is 17.5 Å². The predicted molar refractivity (Wildman–Crippen MR) is 74.1 cm³/mol. The smallest absolute Gasteiger partial charge is 0.254 e. The Morgan fingerprint density at radius 1 is 1.29 bits per heavy atom. The SMILES string of the molecule is O=C(CCNC(=O)c1ccc(F)cc1F)Nc1nccs1. The van der Waals surface area contributed by atoms with E-state index in [1.807, 2.05) is 0 Å². The topological polar surface area (TPSA) is 71.1 Å². The van der Waals surface area contributed by atoms with Gasteiger partial charge in [-0.15, -0.1) is 11.3 Å². The van der Waals surface area contributed by atoms with Gasteiger partial charge in [0.1, 0.15) is 11.6 Å². The zero-order chi connectivity index (χ0) is 15.2. The van der Waals surface area contributed by atoms with E-state index in [2.05, 4.69) is 15.6 Å². The molecule has 2 aromatic rings. The lowest BCUT2D eigenvalue weighted by atomic mass is 10.2. The first-order valence-corrected chi connectivity index (χ1v) is 6.87. The van der Waals surface area contributed by atoms with Crippen LogP contribution in [0.1, 0.15) is 16.8 Å². The summed E-state index contributed by atoms with van der Waals surface area (Å²) in [7, 11) is 0. The van der Waals surface area contributed by atoms with Gasteiger partial charge in [-0.3, -0.25) is 9.59 Å². The maximum atomic E-state index is 13.4. The third-order valence-corrected chi connectivity index (χ3v) is 3.18. The van der Waals surface area contributed by atoms with Gasteiger partial charge in [-0.25, -0.2) is 13.8 Å². The van der Waals surface area contributed by atoms with Crippen LogP contribution in [0.2, 0.25) is 0 Å². The number of hydrogen-bond donors (Lipinski definition) is 2. The Morgan fingerprint density at radius 3 is 2.76 bits per heavy atom. The zero-order valence-corrected chi connectivity index (χ0v) is 11.5. The monoisotopic (exact) mass is 311 g/mol. The van der Waals surface area contributed by atoms with Crippen LogP contribution in [0.15, 0.2) is 29.8 Å². The van der Waals surface area contributed by atoms with E-state index in [1.165, 1.54) is 11.3 Å². The second-order valence-electron chi connectivity index (χ2n) is 4.02. The number of amides is 2. The lowest BCUT2D eigenvalue weighted by molar-refractivity contribution is -0.116. The summed E-state index contributed by atoms with van der Waals surface area (Å²) in [4.78, 5) is 27.1. The number of rotatable bonds is 5. The molecule has 2 amide bonds. The van der Waals surface area contributed by atoms with Gasteiger partial charge >= 0.3 is 0 Å². The van der Waals surface area contributed by atoms with Gasteiger partial charge in [0.15, 0.2) is 5.13 Å². The Bertz CT molecular complexity index is 647. The molecule has 0 saturated heterocycles. The molecule has 1 aromatic carbocycles. The van der Waals surface area contributed by atoms with Crippen molar-refractivity contribution in [1.29, 1.82) is 0 Å². The first kappa shape index (κ1) is 15.0. The van der Waals surface area contributed by atoms with Crippen LogP contribution in [0.4, 0.5) is 13.9 Å². The molecule has 0 spiro atoms. The van der Waals surface area contributed by atoms with Crippen molar-refractivity contribution >= 4 is 28.3 Å². The fourth-order valence-corrected chi connectivity index (χ4v) is 2.07. The number of benzene rings is 1. The second-order valence-corrected chi connectivity index (χ2v) is 4.91. The highest BCUT2D eigenvalue weighted by molar-refractivity contribution is 7.13. The highest BCUT2D eigenvalue weighted by Gasteiger charge is 2.12. The number of aromatic nitrogens is 1. The van der Waals surface area contributed by atoms with Crippen molar-refractivity contribution in [2.45, 2.75) is 6.42 Å². The molecule has 0 atom stereocenters. The minimum Gasteiger partial charge on any atom is -0.351 e. The zero-order valence-electron chi connectivity index (χ0n) is 10.7. The van der Waals surface area contributed by atoms with Crippen LogP contribution in [-0.4, -0.2) is 23.3 Å². The highest BCUT2D eigenvalue weighted by atomic mass is 32.1. The van der Waals surface area contributed by atoms with Crippen molar-refractivity contribution in [3.63, 3.8) is 0 Å². The Labute approximate surface area is 123 Å². The van der Waals surface area contributed by atoms with Gasteiger partial charge in [0.2, 0.25) is 5.91 Å². The van der Waals surface area contributed by atoms with Crippen molar-refractivity contribution in [2.24, 2.45) is 0 Å². The van der Waals surface area contributed by atoms with E-state index in [-0.39, 0.29) is 24.4 Å². The van der Waals surface area contributed by atoms with Crippen molar-refractivity contribution in [1.82, 2.24) is 10.3 Å². The Morgan fingerprint density at radius 2 is 2.10 bits per heavy atom. The van der Waals surface area contributed by atoms with Crippen LogP contribution >= 0.6 is 11.3 Å². The van der Waals surface area contributed by atoms with Gasteiger partial charge in [0, 0.05) is 30.6 Å². The number of anilines is 1. The van der Waals surface area contributed by atoms with Gasteiger partial charge < -0.3 is 10.6 Å². The highest BCUT2D eigenvalue weighted by Crippen LogP contribution is 2.11. The summed E-state index contributed by atoms with van der Waals surface area (Å²) < 4.78 is 26.1. The van der Waals surface area contributed by atoms with Crippen LogP contribution in [0.25, 0.3) is 0 Å². The predicted octanol–water partition coefficient (Wildman–Crippen LogP) is 2.18. The molecule has 1 heterocycles. The lowest BCUT2D eigenvalue weighted by Crippen LogP contribution is -2.28. The normalized spacial score (nSPS) is 10.2. The van der Waals surface area contributed by atoms with Crippen LogP contribution in [0, 0.1) is 11.6 Å². The number of hydrogen-bond acceptors (Lipinski definition) is 4. The van der Waals surface area contributed by atoms with E-state index >= 15 is 0 Å². The van der Waals surface area contributed by atoms with E-state index in [1.54, 1.807) is 11.6 Å². The van der Waals surface area contributed by atoms with Crippen molar-refractivity contribution in [2.75, 3.05) is 11.9 Å². The number of carbonyl (C=O) groups is 2. The molecular weight excluding hydrogens is 300 g/mol. The molecule has 1 aromatic heterocycles. The Hall–Kier alpha value is -2.35. The molecule has 21 heavy (non-hydrogen) atoms. The molecule has 0 radical (unpaired) electrons. The summed E-state index contributed by atoms with van der Waals surface area (Å²) in [5.41, 5.74) is -0.267. The largest absolute Gasteiger partial charge is 0.351 e. The third kappa shape index (κ3) is 4.32. The van der Waals surface area contributed by atoms with Crippen LogP contribution in [-0.2, 0) is 4.79 Å². The molecule has 5 nitrogen and oxygen atoms in total. The molecule has 0 aliphatic carbocycles. The fourth-order valence-electron chi connectivity index (χ4n) is 1.53. The summed E-state index contributed by atoms with van der Waals surface area (Å²) in [6.07, 6.45) is 1.58. The molecule has 2 N–H and O–H groups in total. The van der Waals surface area contributed by atoms with Gasteiger partial charge in [-0.1, -0.05) is 0 Å². The lowest BCUT2D eigenvalue weighted by Gasteiger charge is -2.06. The summed E-state index contributed by atoms with van der Waals surface area (Å²) in [6, 6.07) is 2.67. The molecule has 0 aliphatic rings. The standard InChI is InChI=1S/C13H11F2N3O2S/c14-8-1-2-9(10(15)7-8)12(20)16-4-3-11(19)18-13-17-5-6-21-13/h1-2,5-7H,3-4H2,(H,16,20)(H,17,18,19). The van der Waals surface area contributed by atoms with Crippen LogP contribution in [0.5, 0.6) is 0 Å². The quantitative estimate of drug-likeness (QED) is 0.889. The molecular formula is C13H11F2N3O2S. The number of carbonyl (C=O) groups excluding carboxylic acids is 2. The average Bonchev–Trinajstić information content (AvgIpc) is 2.91. The molecule has 110 valence electrons. The molecule has 0 fully saturated rings. The fraction of sp³-hybridized carbons (Fsp3) is 0.154. The first-order chi connectivity index (χ1) is 10.1. The summed E-state index contributed by atoms with van der Waals surface area (Å²) in [5, 5.41) is 7.12. The first-order valence-electron chi connectivity index (χ1n) is 5.99. The minimum absolute atomic E-state index is 0.0220. The van der Waals surface area contributed by atoms with Crippen molar-refractivity contribution in [3.8, 4) is 0 Å². The molecule has 8 heteroatoms. The number of nitrogens with zero attached hydrogens (tertiary/aromatic N) is 1. The average molecular weight is 311 g/mol. The second kappa shape index (κ2) is 6.89. The number of nitrogens with one attached hydrogen (secondary N) is 2. The maximum absolute atomic E-state index is 13.4. The van der Waals surface area contributed by atoms with Crippen molar-refractivity contribution in [3.05, 3.63) is 47.0 Å². The molecule has 0 saturated carbocycles. The van der Waals surface area contributed by atoms with E-state index in [0.717, 1.165) is 12.1 Å². The third-order valence-electron chi connectivity index (χ3n) is 2.49. The van der Waals surface area contributed by atoms with E-state index in [9.17, 15) is 18.4 Å². The van der Waals surface area contributed by atoms with E-state index in [0.29, 0.717) is 11.2 Å². The Balaban J connectivity index is 1.80. The van der Waals surface area contributed by atoms with E-state index in [4.69, 9.17) is 0 Å². The number of thiazole rings is 1.